The molecule has 1 amide bonds. The third-order valence-corrected chi connectivity index (χ3v) is 11.4. The van der Waals surface area contributed by atoms with Crippen molar-refractivity contribution in [2.45, 2.75) is 135 Å². The predicted molar refractivity (Wildman–Crippen MR) is 273 cm³/mol. The number of amides is 1. The van der Waals surface area contributed by atoms with Crippen LogP contribution >= 0.6 is 0 Å². The lowest BCUT2D eigenvalue weighted by atomic mass is 9.96. The Morgan fingerprint density at radius 1 is 0.500 bits per heavy atom. The van der Waals surface area contributed by atoms with Crippen LogP contribution in [0.1, 0.15) is 55.4 Å². The molecule has 0 spiro atoms. The van der Waals surface area contributed by atoms with Gasteiger partial charge in [-0.05, 0) is 6.92 Å². The molecule has 0 N–H and O–H groups in total. The average molecular weight is 1190 g/mol. The molecule has 0 bridgehead atoms. The van der Waals surface area contributed by atoms with E-state index in [1.807, 2.05) is 0 Å². The van der Waals surface area contributed by atoms with Crippen molar-refractivity contribution in [3.05, 3.63) is 12.7 Å². The van der Waals surface area contributed by atoms with Crippen molar-refractivity contribution in [1.82, 2.24) is 4.90 Å². The van der Waals surface area contributed by atoms with E-state index >= 15 is 0 Å². The van der Waals surface area contributed by atoms with E-state index in [0.29, 0.717) is 59.5 Å². The number of nitrogens with zero attached hydrogens (tertiary/aromatic N) is 1. The second-order valence-electron chi connectivity index (χ2n) is 18.6. The summed E-state index contributed by atoms with van der Waals surface area (Å²) in [6.45, 7) is 14.7. The molecule has 0 radical (unpaired) electrons. The van der Waals surface area contributed by atoms with Crippen LogP contribution in [0, 0.1) is 0 Å². The van der Waals surface area contributed by atoms with Crippen molar-refractivity contribution >= 4 is 47.7 Å². The third kappa shape index (κ3) is 27.1. The number of likely N-dealkylation sites (N-methyl/N-ethyl adjacent to an activating group) is 1. The van der Waals surface area contributed by atoms with Gasteiger partial charge in [0.1, 0.15) is 43.7 Å². The SMILES string of the molecule is C=CCOCCOCCOCCOCCOCCOCCOCC(COC1COC(C)(C(=O)N(C)C)OC1)O[C@@H]1OC(COC(C)=O)[C@@H](O[C@@H]2OC(COC(C)=O)[C@H](OC(C)=O)C(OC(C)=O)C2OC(C)=O)C(OC(C)=O)C1OC(C)=O. The maximum atomic E-state index is 13.1. The molecule has 3 heterocycles. The summed E-state index contributed by atoms with van der Waals surface area (Å²) >= 11 is 0. The smallest absolute Gasteiger partial charge is 0.303 e. The van der Waals surface area contributed by atoms with Crippen molar-refractivity contribution in [2.75, 3.05) is 140 Å². The highest BCUT2D eigenvalue weighted by Crippen LogP contribution is 2.36. The van der Waals surface area contributed by atoms with E-state index in [1.54, 1.807) is 20.2 Å². The molecule has 0 saturated carbocycles. The third-order valence-electron chi connectivity index (χ3n) is 11.4. The van der Waals surface area contributed by atoms with Gasteiger partial charge in [-0.2, -0.15) is 0 Å². The Morgan fingerprint density at radius 3 is 1.30 bits per heavy atom. The van der Waals surface area contributed by atoms with Crippen LogP contribution < -0.4 is 0 Å². The van der Waals surface area contributed by atoms with Crippen LogP contribution in [-0.2, 0) is 138 Å². The van der Waals surface area contributed by atoms with Gasteiger partial charge in [0.25, 0.3) is 5.91 Å². The van der Waals surface area contributed by atoms with Crippen LogP contribution in [0.5, 0.6) is 0 Å². The van der Waals surface area contributed by atoms with Gasteiger partial charge < -0.3 is 104 Å². The molecule has 470 valence electrons. The molecule has 3 aliphatic heterocycles. The largest absolute Gasteiger partial charge is 0.463 e. The molecule has 11 atom stereocenters. The van der Waals surface area contributed by atoms with Crippen LogP contribution in [0.25, 0.3) is 0 Å². The normalized spacial score (nSPS) is 26.5. The number of carbonyl (C=O) groups is 8. The van der Waals surface area contributed by atoms with Crippen LogP contribution in [0.4, 0.5) is 0 Å². The standard InChI is InChI=1S/C52H83NO29/c1-12-13-62-14-15-63-16-17-64-18-19-65-20-21-66-22-23-67-24-25-68-26-40(27-71-39-28-72-52(9,73-29-39)51(61)53(10)11)79-49-47(77-37(7)59)46(76-36(6)58)44(42(80-49)31-70-33(3)55)82-50-48(78-38(8)60)45(75-35(5)57)43(74-34(4)56)41(81-50)30-69-32(2)54/h12,39-50H,1,13-31H2,2-11H3/t39?,40?,41?,42?,43-,44+,45?,46?,47?,48?,49+,50-,52?/m0/s1. The van der Waals surface area contributed by atoms with E-state index in [2.05, 4.69) is 6.58 Å². The fourth-order valence-corrected chi connectivity index (χ4v) is 7.96. The Balaban J connectivity index is 1.83. The second-order valence-corrected chi connectivity index (χ2v) is 18.6. The summed E-state index contributed by atoms with van der Waals surface area (Å²) in [4.78, 5) is 102. The predicted octanol–water partition coefficient (Wildman–Crippen LogP) is -0.470. The summed E-state index contributed by atoms with van der Waals surface area (Å²) in [5.41, 5.74) is 0. The fourth-order valence-electron chi connectivity index (χ4n) is 7.96. The lowest BCUT2D eigenvalue weighted by molar-refractivity contribution is -0.366. The highest BCUT2D eigenvalue weighted by Gasteiger charge is 2.58. The summed E-state index contributed by atoms with van der Waals surface area (Å²) in [5.74, 6) is -8.30. The summed E-state index contributed by atoms with van der Waals surface area (Å²) in [6, 6.07) is 0. The van der Waals surface area contributed by atoms with Crippen molar-refractivity contribution in [1.29, 1.82) is 0 Å². The molecule has 30 nitrogen and oxygen atoms in total. The Morgan fingerprint density at radius 2 is 0.878 bits per heavy atom. The van der Waals surface area contributed by atoms with E-state index in [1.165, 1.54) is 11.8 Å². The van der Waals surface area contributed by atoms with Gasteiger partial charge in [-0.25, -0.2) is 0 Å². The van der Waals surface area contributed by atoms with Gasteiger partial charge >= 0.3 is 41.8 Å². The first-order chi connectivity index (χ1) is 39.0. The van der Waals surface area contributed by atoms with Gasteiger partial charge in [-0.15, -0.1) is 6.58 Å². The summed E-state index contributed by atoms with van der Waals surface area (Å²) in [7, 11) is 3.10. The summed E-state index contributed by atoms with van der Waals surface area (Å²) < 4.78 is 121. The molecule has 82 heavy (non-hydrogen) atoms. The Labute approximate surface area is 476 Å². The molecule has 0 aromatic carbocycles. The van der Waals surface area contributed by atoms with Crippen LogP contribution in [0.2, 0.25) is 0 Å². The molecule has 3 fully saturated rings. The van der Waals surface area contributed by atoms with E-state index in [0.717, 1.165) is 48.5 Å². The maximum absolute atomic E-state index is 13.1. The summed E-state index contributed by atoms with van der Waals surface area (Å²) in [6.07, 6.45) is -17.1. The van der Waals surface area contributed by atoms with E-state index in [9.17, 15) is 38.4 Å². The first-order valence-electron chi connectivity index (χ1n) is 26.6. The molecule has 3 saturated heterocycles. The van der Waals surface area contributed by atoms with Gasteiger partial charge in [0.05, 0.1) is 112 Å². The Hall–Kier alpha value is -5.06. The van der Waals surface area contributed by atoms with Crippen molar-refractivity contribution in [3.63, 3.8) is 0 Å². The van der Waals surface area contributed by atoms with Crippen LogP contribution in [-0.4, -0.2) is 272 Å². The molecular weight excluding hydrogens is 1100 g/mol. The molecule has 3 rings (SSSR count). The Kier molecular flexibility index (Phi) is 33.6. The number of hydrogen-bond donors (Lipinski definition) is 0. The van der Waals surface area contributed by atoms with E-state index in [-0.39, 0.29) is 52.9 Å². The first kappa shape index (κ1) is 71.2. The zero-order valence-corrected chi connectivity index (χ0v) is 48.4. The first-order valence-corrected chi connectivity index (χ1v) is 26.6. The number of carbonyl (C=O) groups excluding carboxylic acids is 8. The maximum Gasteiger partial charge on any atom is 0.303 e. The number of hydrogen-bond acceptors (Lipinski definition) is 29. The lowest BCUT2D eigenvalue weighted by Gasteiger charge is -2.49. The highest BCUT2D eigenvalue weighted by molar-refractivity contribution is 5.83. The second kappa shape index (κ2) is 38.7. The van der Waals surface area contributed by atoms with Gasteiger partial charge in [-0.3, -0.25) is 38.4 Å². The van der Waals surface area contributed by atoms with Gasteiger partial charge in [0.2, 0.25) is 5.79 Å². The molecular formula is C52H83NO29. The monoisotopic (exact) mass is 1190 g/mol. The molecule has 3 aliphatic rings. The van der Waals surface area contributed by atoms with Crippen molar-refractivity contribution in [3.8, 4) is 0 Å². The average Bonchev–Trinajstić information content (AvgIpc) is 3.46. The fraction of sp³-hybridized carbons (Fsp3) is 0.808. The van der Waals surface area contributed by atoms with Gasteiger partial charge in [0, 0.05) is 62.6 Å². The molecule has 0 aromatic rings. The number of esters is 7. The zero-order valence-electron chi connectivity index (χ0n) is 48.4. The number of ether oxygens (including phenoxy) is 21. The quantitative estimate of drug-likeness (QED) is 0.0325. The minimum atomic E-state index is -1.90. The van der Waals surface area contributed by atoms with Gasteiger partial charge in [-0.1, -0.05) is 6.08 Å². The highest BCUT2D eigenvalue weighted by atomic mass is 16.8. The van der Waals surface area contributed by atoms with Gasteiger partial charge in [0.15, 0.2) is 43.1 Å². The minimum absolute atomic E-state index is 0.0215. The summed E-state index contributed by atoms with van der Waals surface area (Å²) in [5, 5.41) is 0. The molecule has 0 aliphatic carbocycles. The van der Waals surface area contributed by atoms with Crippen molar-refractivity contribution < 1.29 is 138 Å². The number of rotatable bonds is 39. The molecule has 7 unspecified atom stereocenters. The topological polar surface area (TPSA) is 334 Å². The van der Waals surface area contributed by atoms with Crippen LogP contribution in [0.15, 0.2) is 12.7 Å². The van der Waals surface area contributed by atoms with E-state index < -0.39 is 140 Å². The Bertz CT molecular complexity index is 1970. The zero-order chi connectivity index (χ0) is 60.6. The molecule has 30 heteroatoms. The van der Waals surface area contributed by atoms with Crippen LogP contribution in [0.3, 0.4) is 0 Å². The lowest BCUT2D eigenvalue weighted by Crippen LogP contribution is -2.67. The van der Waals surface area contributed by atoms with Crippen molar-refractivity contribution in [2.24, 2.45) is 0 Å². The van der Waals surface area contributed by atoms with E-state index in [4.69, 9.17) is 99.5 Å². The minimum Gasteiger partial charge on any atom is -0.463 e. The molecule has 0 aromatic heterocycles.